The summed E-state index contributed by atoms with van der Waals surface area (Å²) in [5.74, 6) is 0.104. The lowest BCUT2D eigenvalue weighted by atomic mass is 10.0. The zero-order valence-corrected chi connectivity index (χ0v) is 9.45. The van der Waals surface area contributed by atoms with Crippen LogP contribution in [-0.2, 0) is 19.6 Å². The van der Waals surface area contributed by atoms with Crippen molar-refractivity contribution in [3.63, 3.8) is 0 Å². The predicted molar refractivity (Wildman–Crippen MR) is 51.8 cm³/mol. The SMILES string of the molecule is CC(C)Cc1c(C(F)(F)F)nn(C)c1Cl. The van der Waals surface area contributed by atoms with Crippen molar-refractivity contribution >= 4 is 11.6 Å². The number of aryl methyl sites for hydroxylation is 1. The molecule has 1 aromatic heterocycles. The normalized spacial score (nSPS) is 12.5. The Morgan fingerprint density at radius 1 is 1.40 bits per heavy atom. The van der Waals surface area contributed by atoms with Crippen LogP contribution >= 0.6 is 11.6 Å². The van der Waals surface area contributed by atoms with Gasteiger partial charge in [-0.15, -0.1) is 0 Å². The van der Waals surface area contributed by atoms with Crippen molar-refractivity contribution in [1.82, 2.24) is 9.78 Å². The maximum atomic E-state index is 12.6. The highest BCUT2D eigenvalue weighted by atomic mass is 35.5. The minimum atomic E-state index is -4.44. The average molecular weight is 241 g/mol. The van der Waals surface area contributed by atoms with Gasteiger partial charge in [0.2, 0.25) is 0 Å². The molecular formula is C9H12ClF3N2. The molecule has 0 aliphatic carbocycles. The Bertz CT molecular complexity index is 355. The second kappa shape index (κ2) is 4.04. The van der Waals surface area contributed by atoms with Crippen LogP contribution in [0.15, 0.2) is 0 Å². The molecule has 0 saturated heterocycles. The molecule has 1 heterocycles. The molecule has 0 amide bonds. The summed E-state index contributed by atoms with van der Waals surface area (Å²) in [6, 6.07) is 0. The van der Waals surface area contributed by atoms with Crippen molar-refractivity contribution < 1.29 is 13.2 Å². The third kappa shape index (κ3) is 2.65. The van der Waals surface area contributed by atoms with Crippen molar-refractivity contribution in [2.24, 2.45) is 13.0 Å². The Labute approximate surface area is 91.0 Å². The third-order valence-corrected chi connectivity index (χ3v) is 2.42. The fourth-order valence-corrected chi connectivity index (χ4v) is 1.57. The van der Waals surface area contributed by atoms with Crippen molar-refractivity contribution in [3.05, 3.63) is 16.4 Å². The number of aromatic nitrogens is 2. The van der Waals surface area contributed by atoms with Gasteiger partial charge in [-0.25, -0.2) is 0 Å². The van der Waals surface area contributed by atoms with Crippen LogP contribution in [0.25, 0.3) is 0 Å². The highest BCUT2D eigenvalue weighted by Crippen LogP contribution is 2.35. The van der Waals surface area contributed by atoms with Crippen LogP contribution in [0, 0.1) is 5.92 Å². The number of nitrogens with zero attached hydrogens (tertiary/aromatic N) is 2. The van der Waals surface area contributed by atoms with E-state index in [9.17, 15) is 13.2 Å². The lowest BCUT2D eigenvalue weighted by Crippen LogP contribution is -2.10. The van der Waals surface area contributed by atoms with Crippen molar-refractivity contribution in [3.8, 4) is 0 Å². The number of halogens is 4. The van der Waals surface area contributed by atoms with Crippen LogP contribution < -0.4 is 0 Å². The van der Waals surface area contributed by atoms with Crippen LogP contribution in [-0.4, -0.2) is 9.78 Å². The molecule has 0 N–H and O–H groups in total. The van der Waals surface area contributed by atoms with Gasteiger partial charge in [-0.3, -0.25) is 4.68 Å². The van der Waals surface area contributed by atoms with Gasteiger partial charge >= 0.3 is 6.18 Å². The molecule has 0 saturated carbocycles. The van der Waals surface area contributed by atoms with E-state index in [-0.39, 0.29) is 23.1 Å². The van der Waals surface area contributed by atoms with Gasteiger partial charge in [0.25, 0.3) is 0 Å². The van der Waals surface area contributed by atoms with Crippen LogP contribution in [0.3, 0.4) is 0 Å². The first kappa shape index (κ1) is 12.4. The molecule has 1 rings (SSSR count). The molecular weight excluding hydrogens is 229 g/mol. The number of rotatable bonds is 2. The van der Waals surface area contributed by atoms with E-state index in [4.69, 9.17) is 11.6 Å². The number of hydrogen-bond donors (Lipinski definition) is 0. The van der Waals surface area contributed by atoms with Gasteiger partial charge in [-0.05, 0) is 12.3 Å². The molecule has 2 nitrogen and oxygen atoms in total. The summed E-state index contributed by atoms with van der Waals surface area (Å²) >= 11 is 5.76. The van der Waals surface area contributed by atoms with Gasteiger partial charge in [-0.1, -0.05) is 25.4 Å². The summed E-state index contributed by atoms with van der Waals surface area (Å²) in [4.78, 5) is 0. The van der Waals surface area contributed by atoms with Crippen LogP contribution in [0.1, 0.15) is 25.1 Å². The van der Waals surface area contributed by atoms with Gasteiger partial charge < -0.3 is 0 Å². The summed E-state index contributed by atoms with van der Waals surface area (Å²) in [6.07, 6.45) is -4.16. The van der Waals surface area contributed by atoms with Gasteiger partial charge in [0.05, 0.1) is 0 Å². The second-order valence-electron chi connectivity index (χ2n) is 3.84. The first-order chi connectivity index (χ1) is 6.73. The maximum Gasteiger partial charge on any atom is 0.435 e. The molecule has 0 spiro atoms. The van der Waals surface area contributed by atoms with E-state index in [0.717, 1.165) is 4.68 Å². The number of alkyl halides is 3. The third-order valence-electron chi connectivity index (χ3n) is 1.95. The molecule has 1 aromatic rings. The summed E-state index contributed by atoms with van der Waals surface area (Å²) in [6.45, 7) is 3.67. The van der Waals surface area contributed by atoms with E-state index < -0.39 is 11.9 Å². The molecule has 0 unspecified atom stereocenters. The summed E-state index contributed by atoms with van der Waals surface area (Å²) in [7, 11) is 1.40. The van der Waals surface area contributed by atoms with Crippen LogP contribution in [0.5, 0.6) is 0 Å². The molecule has 0 fully saturated rings. The minimum absolute atomic E-state index is 0.0658. The first-order valence-electron chi connectivity index (χ1n) is 4.52. The van der Waals surface area contributed by atoms with Crippen LogP contribution in [0.2, 0.25) is 5.15 Å². The van der Waals surface area contributed by atoms with E-state index in [1.54, 1.807) is 0 Å². The smallest absolute Gasteiger partial charge is 0.256 e. The molecule has 0 aliphatic rings. The molecule has 0 atom stereocenters. The average Bonchev–Trinajstić information content (AvgIpc) is 2.30. The first-order valence-corrected chi connectivity index (χ1v) is 4.89. The Hall–Kier alpha value is -0.710. The molecule has 0 aromatic carbocycles. The Morgan fingerprint density at radius 2 is 1.93 bits per heavy atom. The fraction of sp³-hybridized carbons (Fsp3) is 0.667. The van der Waals surface area contributed by atoms with Gasteiger partial charge in [0.1, 0.15) is 5.15 Å². The molecule has 6 heteroatoms. The molecule has 86 valence electrons. The lowest BCUT2D eigenvalue weighted by Gasteiger charge is -2.08. The topological polar surface area (TPSA) is 17.8 Å². The largest absolute Gasteiger partial charge is 0.435 e. The molecule has 0 radical (unpaired) electrons. The number of hydrogen-bond acceptors (Lipinski definition) is 1. The molecule has 15 heavy (non-hydrogen) atoms. The zero-order valence-electron chi connectivity index (χ0n) is 8.69. The van der Waals surface area contributed by atoms with Crippen molar-refractivity contribution in [1.29, 1.82) is 0 Å². The highest BCUT2D eigenvalue weighted by molar-refractivity contribution is 6.30. The van der Waals surface area contributed by atoms with E-state index in [0.29, 0.717) is 0 Å². The van der Waals surface area contributed by atoms with E-state index in [1.807, 2.05) is 13.8 Å². The fourth-order valence-electron chi connectivity index (χ4n) is 1.36. The van der Waals surface area contributed by atoms with Gasteiger partial charge in [0.15, 0.2) is 5.69 Å². The summed E-state index contributed by atoms with van der Waals surface area (Å²) < 4.78 is 38.7. The van der Waals surface area contributed by atoms with E-state index in [2.05, 4.69) is 5.10 Å². The van der Waals surface area contributed by atoms with Crippen molar-refractivity contribution in [2.45, 2.75) is 26.4 Å². The van der Waals surface area contributed by atoms with Gasteiger partial charge in [0, 0.05) is 12.6 Å². The Kier molecular flexibility index (Phi) is 3.33. The van der Waals surface area contributed by atoms with E-state index >= 15 is 0 Å². The van der Waals surface area contributed by atoms with Gasteiger partial charge in [-0.2, -0.15) is 18.3 Å². The van der Waals surface area contributed by atoms with Crippen molar-refractivity contribution in [2.75, 3.05) is 0 Å². The minimum Gasteiger partial charge on any atom is -0.256 e. The standard InChI is InChI=1S/C9H12ClF3N2/c1-5(2)4-6-7(9(11,12)13)14-15(3)8(6)10/h5H,4H2,1-3H3. The molecule has 0 bridgehead atoms. The van der Waals surface area contributed by atoms with Crippen LogP contribution in [0.4, 0.5) is 13.2 Å². The van der Waals surface area contributed by atoms with E-state index in [1.165, 1.54) is 7.05 Å². The predicted octanol–water partition coefficient (Wildman–Crippen LogP) is 3.29. The second-order valence-corrected chi connectivity index (χ2v) is 4.20. The summed E-state index contributed by atoms with van der Waals surface area (Å²) in [5.41, 5.74) is -0.787. The Balaban J connectivity index is 3.21. The summed E-state index contributed by atoms with van der Waals surface area (Å²) in [5, 5.41) is 3.46. The zero-order chi connectivity index (χ0) is 11.8. The monoisotopic (exact) mass is 240 g/mol. The Morgan fingerprint density at radius 3 is 2.33 bits per heavy atom. The highest BCUT2D eigenvalue weighted by Gasteiger charge is 2.38. The quantitative estimate of drug-likeness (QED) is 0.776. The maximum absolute atomic E-state index is 12.6. The lowest BCUT2D eigenvalue weighted by molar-refractivity contribution is -0.142. The molecule has 0 aliphatic heterocycles.